The first-order valence-electron chi connectivity index (χ1n) is 5.54. The van der Waals surface area contributed by atoms with Crippen LogP contribution in [0.1, 0.15) is 20.3 Å². The van der Waals surface area contributed by atoms with Gasteiger partial charge in [-0.05, 0) is 0 Å². The molecule has 6 nitrogen and oxygen atoms in total. The Morgan fingerprint density at radius 2 is 1.35 bits per heavy atom. The summed E-state index contributed by atoms with van der Waals surface area (Å²) in [5.41, 5.74) is 0. The Bertz CT molecular complexity index is 262. The zero-order valence-corrected chi connectivity index (χ0v) is 9.96. The fourth-order valence-electron chi connectivity index (χ4n) is 2.06. The second-order valence-corrected chi connectivity index (χ2v) is 4.30. The van der Waals surface area contributed by atoms with Crippen LogP contribution in [0.4, 0.5) is 0 Å². The first kappa shape index (κ1) is 13.9. The van der Waals surface area contributed by atoms with Gasteiger partial charge < -0.3 is 19.7 Å². The molecular formula is C11H18O6. The third-order valence-electron chi connectivity index (χ3n) is 2.98. The normalized spacial score (nSPS) is 32.2. The summed E-state index contributed by atoms with van der Waals surface area (Å²) in [4.78, 5) is 21.4. The van der Waals surface area contributed by atoms with Crippen LogP contribution in [0.5, 0.6) is 0 Å². The lowest BCUT2D eigenvalue weighted by molar-refractivity contribution is -0.148. The third-order valence-corrected chi connectivity index (χ3v) is 2.98. The van der Waals surface area contributed by atoms with Gasteiger partial charge in [-0.3, -0.25) is 9.59 Å². The quantitative estimate of drug-likeness (QED) is 0.648. The minimum atomic E-state index is -0.745. The molecule has 98 valence electrons. The number of hydrogen-bond donors (Lipinski definition) is 2. The lowest BCUT2D eigenvalue weighted by Gasteiger charge is -2.22. The van der Waals surface area contributed by atoms with E-state index in [1.54, 1.807) is 0 Å². The largest absolute Gasteiger partial charge is 0.465 e. The molecule has 1 fully saturated rings. The highest BCUT2D eigenvalue weighted by Crippen LogP contribution is 2.33. The van der Waals surface area contributed by atoms with Crippen molar-refractivity contribution in [3.05, 3.63) is 0 Å². The predicted octanol–water partition coefficient (Wildman–Crippen LogP) is -0.530. The smallest absolute Gasteiger partial charge is 0.302 e. The first-order chi connectivity index (χ1) is 7.91. The highest BCUT2D eigenvalue weighted by Gasteiger charge is 2.42. The van der Waals surface area contributed by atoms with Crippen LogP contribution >= 0.6 is 0 Å². The average molecular weight is 246 g/mol. The van der Waals surface area contributed by atoms with E-state index in [0.717, 1.165) is 0 Å². The summed E-state index contributed by atoms with van der Waals surface area (Å²) in [5, 5.41) is 19.4. The fraction of sp³-hybridized carbons (Fsp3) is 0.818. The van der Waals surface area contributed by atoms with E-state index in [1.807, 2.05) is 0 Å². The van der Waals surface area contributed by atoms with E-state index in [2.05, 4.69) is 0 Å². The van der Waals surface area contributed by atoms with Crippen molar-refractivity contribution in [2.75, 3.05) is 13.2 Å². The highest BCUT2D eigenvalue weighted by atomic mass is 16.5. The maximum absolute atomic E-state index is 10.7. The summed E-state index contributed by atoms with van der Waals surface area (Å²) in [7, 11) is 0. The molecule has 0 amide bonds. The van der Waals surface area contributed by atoms with Crippen LogP contribution in [0.2, 0.25) is 0 Å². The van der Waals surface area contributed by atoms with Gasteiger partial charge in [0, 0.05) is 32.1 Å². The fourth-order valence-corrected chi connectivity index (χ4v) is 2.06. The molecule has 0 aromatic rings. The number of carbonyl (C=O) groups is 2. The molecule has 0 aromatic carbocycles. The van der Waals surface area contributed by atoms with E-state index in [1.165, 1.54) is 13.8 Å². The van der Waals surface area contributed by atoms with Crippen molar-refractivity contribution in [2.24, 2.45) is 11.8 Å². The Hall–Kier alpha value is -1.14. The SMILES string of the molecule is CC(=O)OC[C@H]1[C@H](COC(C)=O)[C@H](O)C[C@H]1O. The predicted molar refractivity (Wildman–Crippen MR) is 56.9 cm³/mol. The highest BCUT2D eigenvalue weighted by molar-refractivity contribution is 5.66. The van der Waals surface area contributed by atoms with Crippen LogP contribution in [-0.4, -0.2) is 47.6 Å². The van der Waals surface area contributed by atoms with E-state index in [9.17, 15) is 19.8 Å². The molecule has 1 rings (SSSR count). The number of rotatable bonds is 4. The van der Waals surface area contributed by atoms with Crippen molar-refractivity contribution in [2.45, 2.75) is 32.5 Å². The number of esters is 2. The molecule has 0 radical (unpaired) electrons. The Balaban J connectivity index is 2.55. The molecule has 0 saturated heterocycles. The van der Waals surface area contributed by atoms with Gasteiger partial charge in [0.15, 0.2) is 0 Å². The molecule has 1 saturated carbocycles. The minimum Gasteiger partial charge on any atom is -0.465 e. The first-order valence-corrected chi connectivity index (χ1v) is 5.54. The van der Waals surface area contributed by atoms with Crippen molar-refractivity contribution in [1.29, 1.82) is 0 Å². The number of aliphatic hydroxyl groups is 2. The zero-order chi connectivity index (χ0) is 13.0. The van der Waals surface area contributed by atoms with Gasteiger partial charge in [-0.1, -0.05) is 0 Å². The Kier molecular flexibility index (Phi) is 4.89. The van der Waals surface area contributed by atoms with Crippen molar-refractivity contribution in [3.8, 4) is 0 Å². The number of aliphatic hydroxyl groups excluding tert-OH is 2. The minimum absolute atomic E-state index is 0.0273. The maximum atomic E-state index is 10.7. The van der Waals surface area contributed by atoms with Gasteiger partial charge in [0.1, 0.15) is 0 Å². The average Bonchev–Trinajstić information content (AvgIpc) is 2.47. The summed E-state index contributed by atoms with van der Waals surface area (Å²) in [6, 6.07) is 0. The van der Waals surface area contributed by atoms with Crippen LogP contribution in [0.15, 0.2) is 0 Å². The van der Waals surface area contributed by atoms with Crippen molar-refractivity contribution < 1.29 is 29.3 Å². The maximum Gasteiger partial charge on any atom is 0.302 e. The van der Waals surface area contributed by atoms with E-state index < -0.39 is 36.0 Å². The molecule has 1 aliphatic rings. The van der Waals surface area contributed by atoms with E-state index in [-0.39, 0.29) is 19.6 Å². The van der Waals surface area contributed by atoms with Crippen molar-refractivity contribution >= 4 is 11.9 Å². The molecule has 0 bridgehead atoms. The topological polar surface area (TPSA) is 93.1 Å². The summed E-state index contributed by atoms with van der Waals surface area (Å²) in [5.74, 6) is -1.67. The van der Waals surface area contributed by atoms with Gasteiger partial charge in [-0.15, -0.1) is 0 Å². The molecular weight excluding hydrogens is 228 g/mol. The van der Waals surface area contributed by atoms with Gasteiger partial charge in [-0.2, -0.15) is 0 Å². The van der Waals surface area contributed by atoms with Gasteiger partial charge in [0.05, 0.1) is 25.4 Å². The number of ether oxygens (including phenoxy) is 2. The summed E-state index contributed by atoms with van der Waals surface area (Å²) >= 11 is 0. The summed E-state index contributed by atoms with van der Waals surface area (Å²) in [6.07, 6.45) is -1.28. The lowest BCUT2D eigenvalue weighted by Crippen LogP contribution is -2.31. The van der Waals surface area contributed by atoms with E-state index >= 15 is 0 Å². The van der Waals surface area contributed by atoms with Gasteiger partial charge in [0.2, 0.25) is 0 Å². The van der Waals surface area contributed by atoms with Crippen LogP contribution in [0.25, 0.3) is 0 Å². The Morgan fingerprint density at radius 1 is 1.00 bits per heavy atom. The van der Waals surface area contributed by atoms with Crippen LogP contribution in [0, 0.1) is 11.8 Å². The van der Waals surface area contributed by atoms with Crippen molar-refractivity contribution in [3.63, 3.8) is 0 Å². The number of carbonyl (C=O) groups excluding carboxylic acids is 2. The van der Waals surface area contributed by atoms with Gasteiger partial charge >= 0.3 is 11.9 Å². The van der Waals surface area contributed by atoms with E-state index in [4.69, 9.17) is 9.47 Å². The molecule has 4 atom stereocenters. The molecule has 0 unspecified atom stereocenters. The molecule has 17 heavy (non-hydrogen) atoms. The molecule has 0 heterocycles. The molecule has 2 N–H and O–H groups in total. The van der Waals surface area contributed by atoms with Crippen LogP contribution < -0.4 is 0 Å². The van der Waals surface area contributed by atoms with Crippen molar-refractivity contribution in [1.82, 2.24) is 0 Å². The number of hydrogen-bond acceptors (Lipinski definition) is 6. The van der Waals surface area contributed by atoms with Crippen LogP contribution in [-0.2, 0) is 19.1 Å². The third kappa shape index (κ3) is 3.98. The molecule has 0 aromatic heterocycles. The zero-order valence-electron chi connectivity index (χ0n) is 9.96. The molecule has 0 spiro atoms. The lowest BCUT2D eigenvalue weighted by atomic mass is 9.95. The van der Waals surface area contributed by atoms with Crippen LogP contribution in [0.3, 0.4) is 0 Å². The summed E-state index contributed by atoms with van der Waals surface area (Å²) < 4.78 is 9.66. The van der Waals surface area contributed by atoms with Gasteiger partial charge in [0.25, 0.3) is 0 Å². The standard InChI is InChI=1S/C11H18O6/c1-6(12)16-4-8-9(5-17-7(2)13)11(15)3-10(8)14/h8-11,14-15H,3-5H2,1-2H3/t8-,9-,10+,11+/m0/s1. The second-order valence-electron chi connectivity index (χ2n) is 4.30. The van der Waals surface area contributed by atoms with E-state index in [0.29, 0.717) is 0 Å². The van der Waals surface area contributed by atoms with Gasteiger partial charge in [-0.25, -0.2) is 0 Å². The monoisotopic (exact) mass is 246 g/mol. The Labute approximate surface area is 99.5 Å². The summed E-state index contributed by atoms with van der Waals surface area (Å²) in [6.45, 7) is 2.61. The molecule has 0 aliphatic heterocycles. The molecule has 6 heteroatoms. The Morgan fingerprint density at radius 3 is 1.65 bits per heavy atom. The second kappa shape index (κ2) is 5.97. The molecule has 1 aliphatic carbocycles.